The van der Waals surface area contributed by atoms with E-state index in [4.69, 9.17) is 14.4 Å². The number of aromatic nitrogens is 3. The fraction of sp³-hybridized carbons (Fsp3) is 0.0800. The van der Waals surface area contributed by atoms with Gasteiger partial charge in [-0.3, -0.25) is 0 Å². The van der Waals surface area contributed by atoms with Crippen LogP contribution in [0.2, 0.25) is 0 Å². The number of fused-ring (bicyclic) bond motifs is 10. The highest BCUT2D eigenvalue weighted by molar-refractivity contribution is 6.30. The molecule has 0 saturated carbocycles. The Morgan fingerprint density at radius 3 is 2.02 bits per heavy atom. The molecular weight excluding hydrogens is 659 g/mol. The lowest BCUT2D eigenvalue weighted by molar-refractivity contribution is 0.535. The maximum Gasteiger partial charge on any atom is 0.160 e. The average Bonchev–Trinajstić information content (AvgIpc) is 3.77. The zero-order valence-electron chi connectivity index (χ0n) is 30.3. The lowest BCUT2D eigenvalue weighted by Crippen LogP contribution is -2.20. The summed E-state index contributed by atoms with van der Waals surface area (Å²) in [5.74, 6) is 0.704. The molecule has 10 rings (SSSR count). The summed E-state index contributed by atoms with van der Waals surface area (Å²) in [6.07, 6.45) is 9.48. The van der Waals surface area contributed by atoms with Crippen LogP contribution in [-0.2, 0) is 5.41 Å². The van der Waals surface area contributed by atoms with E-state index < -0.39 is 0 Å². The molecule has 0 fully saturated rings. The summed E-state index contributed by atoms with van der Waals surface area (Å²) in [6.45, 7) is 9.34. The second kappa shape index (κ2) is 12.4. The predicted octanol–water partition coefficient (Wildman–Crippen LogP) is 13.3. The number of benzene rings is 6. The van der Waals surface area contributed by atoms with Crippen molar-refractivity contribution in [2.45, 2.75) is 25.7 Å². The highest BCUT2D eigenvalue weighted by Gasteiger charge is 2.34. The zero-order valence-corrected chi connectivity index (χ0v) is 30.3. The summed E-state index contributed by atoms with van der Waals surface area (Å²) in [6, 6.07) is 48.7. The number of hydrogen-bond donors (Lipinski definition) is 0. The van der Waals surface area contributed by atoms with E-state index in [0.717, 1.165) is 78.8 Å². The minimum Gasteiger partial charge on any atom is -0.455 e. The Labute approximate surface area is 314 Å². The van der Waals surface area contributed by atoms with Crippen LogP contribution in [-0.4, -0.2) is 14.5 Å². The highest BCUT2D eigenvalue weighted by atomic mass is 16.3. The first-order valence-electron chi connectivity index (χ1n) is 18.5. The molecule has 1 aliphatic rings. The van der Waals surface area contributed by atoms with Crippen molar-refractivity contribution in [2.24, 2.45) is 0 Å². The molecule has 0 aliphatic heterocycles. The maximum atomic E-state index is 6.84. The maximum absolute atomic E-state index is 6.84. The van der Waals surface area contributed by atoms with E-state index in [1.807, 2.05) is 42.5 Å². The Morgan fingerprint density at radius 2 is 1.28 bits per heavy atom. The van der Waals surface area contributed by atoms with Crippen molar-refractivity contribution < 1.29 is 4.42 Å². The van der Waals surface area contributed by atoms with E-state index in [1.165, 1.54) is 21.9 Å². The molecule has 0 unspecified atom stereocenters. The third-order valence-electron chi connectivity index (χ3n) is 10.9. The molecule has 4 heteroatoms. The third-order valence-corrected chi connectivity index (χ3v) is 10.9. The SMILES string of the molecule is C=C1/C=C\C=C/CC(C)(C)c2c1c1oc3ccccc3c1c1c3ccccc3n(-c3ccc(-c4cc(-c5ccccc5)nc(-c5ccccc5)n4)cc3)c21. The van der Waals surface area contributed by atoms with Crippen molar-refractivity contribution >= 4 is 49.3 Å². The number of allylic oxidation sites excluding steroid dienone is 5. The van der Waals surface area contributed by atoms with Crippen molar-refractivity contribution in [3.63, 3.8) is 0 Å². The van der Waals surface area contributed by atoms with Gasteiger partial charge in [-0.1, -0.05) is 154 Å². The van der Waals surface area contributed by atoms with Gasteiger partial charge >= 0.3 is 0 Å². The van der Waals surface area contributed by atoms with E-state index in [9.17, 15) is 0 Å². The molecule has 0 spiro atoms. The van der Waals surface area contributed by atoms with Crippen LogP contribution in [0, 0.1) is 0 Å². The van der Waals surface area contributed by atoms with Crippen molar-refractivity contribution in [1.82, 2.24) is 14.5 Å². The average molecular weight is 696 g/mol. The first-order chi connectivity index (χ1) is 26.5. The van der Waals surface area contributed by atoms with Crippen LogP contribution in [0.4, 0.5) is 0 Å². The van der Waals surface area contributed by atoms with Gasteiger partial charge in [0.15, 0.2) is 5.82 Å². The molecule has 1 aliphatic carbocycles. The van der Waals surface area contributed by atoms with Gasteiger partial charge in [-0.25, -0.2) is 9.97 Å². The Morgan fingerprint density at radius 1 is 0.648 bits per heavy atom. The van der Waals surface area contributed by atoms with E-state index >= 15 is 0 Å². The van der Waals surface area contributed by atoms with E-state index in [0.29, 0.717) is 5.82 Å². The Balaban J connectivity index is 1.25. The van der Waals surface area contributed by atoms with Gasteiger partial charge in [-0.05, 0) is 53.3 Å². The summed E-state index contributed by atoms with van der Waals surface area (Å²) in [5, 5.41) is 4.64. The highest BCUT2D eigenvalue weighted by Crippen LogP contribution is 2.50. The van der Waals surface area contributed by atoms with Gasteiger partial charge in [0.05, 0.1) is 22.4 Å². The van der Waals surface area contributed by atoms with Gasteiger partial charge in [-0.15, -0.1) is 0 Å². The molecule has 54 heavy (non-hydrogen) atoms. The summed E-state index contributed by atoms with van der Waals surface area (Å²) >= 11 is 0. The van der Waals surface area contributed by atoms with E-state index in [2.05, 4.69) is 146 Å². The fourth-order valence-electron chi connectivity index (χ4n) is 8.31. The first kappa shape index (κ1) is 31.9. The molecule has 0 N–H and O–H groups in total. The number of nitrogens with zero attached hydrogens (tertiary/aromatic N) is 3. The van der Waals surface area contributed by atoms with Crippen LogP contribution in [0.25, 0.3) is 88.9 Å². The molecule has 0 saturated heterocycles. The van der Waals surface area contributed by atoms with E-state index in [1.54, 1.807) is 0 Å². The standard InChI is InChI=1S/C50H37N3O/c1-32-17-7-6-16-30-50(2,3)46-43(32)48-45(38-23-13-15-25-42(38)54-48)44-37-22-12-14-24-41(37)53(47(44)46)36-28-26-34(27-29-36)40-31-39(33-18-8-4-9-19-33)51-49(52-40)35-20-10-5-11-21-35/h4-29,31H,1,30H2,2-3H3/b16-6-,17-7-. The van der Waals surface area contributed by atoms with Crippen molar-refractivity contribution in [3.05, 3.63) is 182 Å². The number of rotatable bonds is 4. The molecule has 0 radical (unpaired) electrons. The Kier molecular flexibility index (Phi) is 7.34. The predicted molar refractivity (Wildman–Crippen MR) is 225 cm³/mol. The topological polar surface area (TPSA) is 43.9 Å². The Bertz CT molecular complexity index is 2920. The van der Waals surface area contributed by atoms with Crippen LogP contribution in [0.5, 0.6) is 0 Å². The van der Waals surface area contributed by atoms with Crippen molar-refractivity contribution in [3.8, 4) is 39.6 Å². The largest absolute Gasteiger partial charge is 0.455 e. The molecule has 0 atom stereocenters. The van der Waals surface area contributed by atoms with Gasteiger partial charge in [0.25, 0.3) is 0 Å². The number of furan rings is 1. The van der Waals surface area contributed by atoms with Crippen LogP contribution < -0.4 is 0 Å². The Hall–Kier alpha value is -6.78. The summed E-state index contributed by atoms with van der Waals surface area (Å²) in [4.78, 5) is 10.1. The summed E-state index contributed by atoms with van der Waals surface area (Å²) in [7, 11) is 0. The quantitative estimate of drug-likeness (QED) is 0.184. The molecule has 0 amide bonds. The van der Waals surface area contributed by atoms with Gasteiger partial charge in [0.1, 0.15) is 11.2 Å². The van der Waals surface area contributed by atoms with Crippen LogP contribution in [0.15, 0.2) is 175 Å². The van der Waals surface area contributed by atoms with Gasteiger partial charge in [0.2, 0.25) is 0 Å². The molecule has 3 heterocycles. The van der Waals surface area contributed by atoms with E-state index in [-0.39, 0.29) is 5.41 Å². The second-order valence-corrected chi connectivity index (χ2v) is 14.8. The molecule has 258 valence electrons. The third kappa shape index (κ3) is 5.06. The van der Waals surface area contributed by atoms with Crippen LogP contribution in [0.3, 0.4) is 0 Å². The molecule has 0 bridgehead atoms. The first-order valence-corrected chi connectivity index (χ1v) is 18.5. The fourth-order valence-corrected chi connectivity index (χ4v) is 8.31. The molecule has 3 aromatic heterocycles. The monoisotopic (exact) mass is 695 g/mol. The normalized spacial score (nSPS) is 15.3. The van der Waals surface area contributed by atoms with Crippen molar-refractivity contribution in [1.29, 1.82) is 0 Å². The lowest BCUT2D eigenvalue weighted by Gasteiger charge is -2.29. The summed E-state index contributed by atoms with van der Waals surface area (Å²) in [5.41, 5.74) is 13.0. The van der Waals surface area contributed by atoms with Gasteiger partial charge in [0, 0.05) is 49.5 Å². The minimum absolute atomic E-state index is 0.249. The molecule has 6 aromatic carbocycles. The van der Waals surface area contributed by atoms with Crippen LogP contribution >= 0.6 is 0 Å². The number of hydrogen-bond acceptors (Lipinski definition) is 3. The van der Waals surface area contributed by atoms with Gasteiger partial charge in [-0.2, -0.15) is 0 Å². The minimum atomic E-state index is -0.249. The molecule has 4 nitrogen and oxygen atoms in total. The molecule has 9 aromatic rings. The van der Waals surface area contributed by atoms with Crippen LogP contribution in [0.1, 0.15) is 31.4 Å². The lowest BCUT2D eigenvalue weighted by atomic mass is 9.76. The number of para-hydroxylation sites is 2. The zero-order chi connectivity index (χ0) is 36.4. The smallest absolute Gasteiger partial charge is 0.160 e. The summed E-state index contributed by atoms with van der Waals surface area (Å²) < 4.78 is 9.29. The van der Waals surface area contributed by atoms with Gasteiger partial charge < -0.3 is 8.98 Å². The second-order valence-electron chi connectivity index (χ2n) is 14.8. The molecular formula is C50H37N3O. The van der Waals surface area contributed by atoms with Crippen molar-refractivity contribution in [2.75, 3.05) is 0 Å².